The molecule has 0 bridgehead atoms. The van der Waals surface area contributed by atoms with E-state index in [0.717, 1.165) is 13.1 Å². The van der Waals surface area contributed by atoms with Gasteiger partial charge in [-0.15, -0.1) is 0 Å². The van der Waals surface area contributed by atoms with E-state index < -0.39 is 10.0 Å². The number of hydrogen-bond acceptors (Lipinski definition) is 3. The van der Waals surface area contributed by atoms with Crippen LogP contribution in [0.2, 0.25) is 0 Å². The zero-order valence-electron chi connectivity index (χ0n) is 15.3. The molecule has 0 spiro atoms. The first-order valence-electron chi connectivity index (χ1n) is 8.38. The zero-order valence-corrected chi connectivity index (χ0v) is 16.2. The van der Waals surface area contributed by atoms with E-state index in [4.69, 9.17) is 0 Å². The number of aryl methyl sites for hydroxylation is 2. The van der Waals surface area contributed by atoms with Crippen molar-refractivity contribution >= 4 is 21.3 Å². The molecule has 1 fully saturated rings. The van der Waals surface area contributed by atoms with Gasteiger partial charge >= 0.3 is 0 Å². The van der Waals surface area contributed by atoms with Crippen LogP contribution in [0.5, 0.6) is 0 Å². The van der Waals surface area contributed by atoms with Crippen LogP contribution < -0.4 is 4.90 Å². The lowest BCUT2D eigenvalue weighted by molar-refractivity contribution is 0.388. The largest absolute Gasteiger partial charge is 0.369 e. The average Bonchev–Trinajstić information content (AvgIpc) is 2.52. The number of anilines is 1. The van der Waals surface area contributed by atoms with E-state index in [1.807, 2.05) is 6.92 Å². The quantitative estimate of drug-likeness (QED) is 0.784. The van der Waals surface area contributed by atoms with Crippen LogP contribution in [0.1, 0.15) is 30.5 Å². The minimum atomic E-state index is -3.08. The molecule has 0 aromatic heterocycles. The van der Waals surface area contributed by atoms with Crippen LogP contribution in [0.4, 0.5) is 5.69 Å². The predicted molar refractivity (Wildman–Crippen MR) is 103 cm³/mol. The summed E-state index contributed by atoms with van der Waals surface area (Å²) in [7, 11) is -3.08. The molecule has 1 heterocycles. The van der Waals surface area contributed by atoms with Gasteiger partial charge in [-0.3, -0.25) is 0 Å². The van der Waals surface area contributed by atoms with Crippen LogP contribution in [0.25, 0.3) is 5.57 Å². The van der Waals surface area contributed by atoms with Gasteiger partial charge in [0.25, 0.3) is 0 Å². The Kier molecular flexibility index (Phi) is 5.88. The average molecular weight is 349 g/mol. The fraction of sp³-hybridized carbons (Fsp3) is 0.474. The first-order valence-corrected chi connectivity index (χ1v) is 10.2. The molecule has 1 aromatic rings. The topological polar surface area (TPSA) is 40.6 Å². The van der Waals surface area contributed by atoms with Gasteiger partial charge < -0.3 is 4.90 Å². The Morgan fingerprint density at radius 3 is 2.00 bits per heavy atom. The third-order valence-corrected chi connectivity index (χ3v) is 5.84. The molecule has 0 radical (unpaired) electrons. The fourth-order valence-corrected chi connectivity index (χ4v) is 4.19. The van der Waals surface area contributed by atoms with E-state index in [9.17, 15) is 8.42 Å². The summed E-state index contributed by atoms with van der Waals surface area (Å²) in [5.41, 5.74) is 6.20. The highest BCUT2D eigenvalue weighted by atomic mass is 32.2. The summed E-state index contributed by atoms with van der Waals surface area (Å²) in [5.74, 6) is 0. The molecule has 4 nitrogen and oxygen atoms in total. The van der Waals surface area contributed by atoms with E-state index in [0.29, 0.717) is 13.1 Å². The van der Waals surface area contributed by atoms with Crippen molar-refractivity contribution in [2.75, 3.05) is 37.3 Å². The summed E-state index contributed by atoms with van der Waals surface area (Å²) in [6.07, 6.45) is 7.62. The second-order valence-electron chi connectivity index (χ2n) is 6.35. The smallest absolute Gasteiger partial charge is 0.211 e. The Morgan fingerprint density at radius 2 is 1.58 bits per heavy atom. The molecular weight excluding hydrogens is 320 g/mol. The molecule has 0 aliphatic carbocycles. The molecule has 1 aliphatic heterocycles. The van der Waals surface area contributed by atoms with Crippen molar-refractivity contribution in [3.05, 3.63) is 47.1 Å². The molecule has 2 rings (SSSR count). The fourth-order valence-electron chi connectivity index (χ4n) is 3.36. The minimum Gasteiger partial charge on any atom is -0.369 e. The van der Waals surface area contributed by atoms with Gasteiger partial charge in [-0.25, -0.2) is 8.42 Å². The number of allylic oxidation sites excluding steroid dienone is 4. The van der Waals surface area contributed by atoms with Crippen LogP contribution in [-0.4, -0.2) is 45.2 Å². The second-order valence-corrected chi connectivity index (χ2v) is 8.33. The van der Waals surface area contributed by atoms with Crippen molar-refractivity contribution in [3.8, 4) is 0 Å². The zero-order chi connectivity index (χ0) is 17.9. The maximum atomic E-state index is 11.6. The number of piperazine rings is 1. The number of sulfonamides is 1. The molecule has 5 heteroatoms. The molecule has 1 aromatic carbocycles. The van der Waals surface area contributed by atoms with E-state index in [1.165, 1.54) is 34.2 Å². The standard InChI is InChI=1S/C19H28N2O2S/c1-6-8-17(7-2)19-15(3)13-18(14-16(19)4)20-9-11-21(12-10-20)24(5,22)23/h6-8,13-14H,9-12H2,1-5H3. The highest BCUT2D eigenvalue weighted by Gasteiger charge is 2.24. The predicted octanol–water partition coefficient (Wildman–Crippen LogP) is 3.36. The first kappa shape index (κ1) is 18.7. The SMILES string of the molecule is CC=CC(=CC)c1c(C)cc(N2CCN(S(C)(=O)=O)CC2)cc1C. The lowest BCUT2D eigenvalue weighted by Crippen LogP contribution is -2.48. The maximum Gasteiger partial charge on any atom is 0.211 e. The van der Waals surface area contributed by atoms with Gasteiger partial charge in [0, 0.05) is 31.9 Å². The minimum absolute atomic E-state index is 0.553. The van der Waals surface area contributed by atoms with Gasteiger partial charge in [0.05, 0.1) is 6.26 Å². The van der Waals surface area contributed by atoms with E-state index in [1.54, 1.807) is 4.31 Å². The summed E-state index contributed by atoms with van der Waals surface area (Å²) in [6, 6.07) is 4.43. The van der Waals surface area contributed by atoms with Crippen LogP contribution in [0, 0.1) is 13.8 Å². The molecule has 132 valence electrons. The molecule has 1 aliphatic rings. The van der Waals surface area contributed by atoms with Gasteiger partial charge in [0.15, 0.2) is 0 Å². The van der Waals surface area contributed by atoms with E-state index >= 15 is 0 Å². The molecule has 0 N–H and O–H groups in total. The van der Waals surface area contributed by atoms with Crippen molar-refractivity contribution in [3.63, 3.8) is 0 Å². The van der Waals surface area contributed by atoms with Gasteiger partial charge in [-0.05, 0) is 62.1 Å². The normalized spacial score (nSPS) is 17.7. The number of hydrogen-bond donors (Lipinski definition) is 0. The molecule has 0 saturated carbocycles. The monoisotopic (exact) mass is 348 g/mol. The van der Waals surface area contributed by atoms with Crippen LogP contribution in [0.15, 0.2) is 30.4 Å². The van der Waals surface area contributed by atoms with Gasteiger partial charge in [0.1, 0.15) is 0 Å². The number of rotatable bonds is 4. The lowest BCUT2D eigenvalue weighted by atomic mass is 9.94. The Bertz CT molecular complexity index is 733. The molecule has 0 atom stereocenters. The van der Waals surface area contributed by atoms with Crippen molar-refractivity contribution < 1.29 is 8.42 Å². The summed E-state index contributed by atoms with van der Waals surface area (Å²) in [6.45, 7) is 11.0. The summed E-state index contributed by atoms with van der Waals surface area (Å²) < 4.78 is 24.9. The highest BCUT2D eigenvalue weighted by Crippen LogP contribution is 2.29. The number of nitrogens with zero attached hydrogens (tertiary/aromatic N) is 2. The maximum absolute atomic E-state index is 11.6. The van der Waals surface area contributed by atoms with E-state index in [2.05, 4.69) is 56.0 Å². The summed E-state index contributed by atoms with van der Waals surface area (Å²) in [5, 5.41) is 0. The Hall–Kier alpha value is -1.59. The van der Waals surface area contributed by atoms with Crippen molar-refractivity contribution in [1.82, 2.24) is 4.31 Å². The third-order valence-electron chi connectivity index (χ3n) is 4.54. The Balaban J connectivity index is 2.26. The Morgan fingerprint density at radius 1 is 1.04 bits per heavy atom. The Labute approximate surface area is 146 Å². The molecule has 0 amide bonds. The summed E-state index contributed by atoms with van der Waals surface area (Å²) in [4.78, 5) is 2.27. The van der Waals surface area contributed by atoms with Crippen molar-refractivity contribution in [2.45, 2.75) is 27.7 Å². The third kappa shape index (κ3) is 4.08. The molecule has 0 unspecified atom stereocenters. The second kappa shape index (κ2) is 7.53. The number of benzene rings is 1. The molecular formula is C19H28N2O2S. The molecule has 1 saturated heterocycles. The van der Waals surface area contributed by atoms with Gasteiger partial charge in [0.2, 0.25) is 10.0 Å². The molecule has 24 heavy (non-hydrogen) atoms. The van der Waals surface area contributed by atoms with Crippen molar-refractivity contribution in [1.29, 1.82) is 0 Å². The van der Waals surface area contributed by atoms with Crippen LogP contribution >= 0.6 is 0 Å². The lowest BCUT2D eigenvalue weighted by Gasteiger charge is -2.35. The first-order chi connectivity index (χ1) is 11.3. The van der Waals surface area contributed by atoms with Crippen LogP contribution in [0.3, 0.4) is 0 Å². The summed E-state index contributed by atoms with van der Waals surface area (Å²) >= 11 is 0. The van der Waals surface area contributed by atoms with Crippen molar-refractivity contribution in [2.24, 2.45) is 0 Å². The van der Waals surface area contributed by atoms with E-state index in [-0.39, 0.29) is 0 Å². The van der Waals surface area contributed by atoms with Gasteiger partial charge in [-0.1, -0.05) is 18.2 Å². The van der Waals surface area contributed by atoms with Crippen LogP contribution in [-0.2, 0) is 10.0 Å². The highest BCUT2D eigenvalue weighted by molar-refractivity contribution is 7.88. The van der Waals surface area contributed by atoms with Gasteiger partial charge in [-0.2, -0.15) is 4.31 Å².